The van der Waals surface area contributed by atoms with Gasteiger partial charge in [0.25, 0.3) is 11.6 Å². The second-order valence-corrected chi connectivity index (χ2v) is 6.88. The highest BCUT2D eigenvalue weighted by molar-refractivity contribution is 7.98. The van der Waals surface area contributed by atoms with Gasteiger partial charge in [-0.1, -0.05) is 23.7 Å². The van der Waals surface area contributed by atoms with Gasteiger partial charge in [-0.05, 0) is 36.1 Å². The van der Waals surface area contributed by atoms with E-state index in [1.165, 1.54) is 17.0 Å². The average molecular weight is 409 g/mol. The standard InChI is InChI=1S/C18H17ClN2O5S/c1-20(10-12-3-6-14(27-2)7-4-12)17(22)11-26-18(23)13-5-8-15(19)16(9-13)21(24)25/h3-9H,10-11H2,1-2H3. The number of nitro groups is 1. The molecule has 0 aliphatic carbocycles. The van der Waals surface area contributed by atoms with Crippen molar-refractivity contribution in [3.8, 4) is 0 Å². The van der Waals surface area contributed by atoms with Crippen LogP contribution in [0.15, 0.2) is 47.4 Å². The molecule has 142 valence electrons. The Balaban J connectivity index is 1.92. The molecular weight excluding hydrogens is 392 g/mol. The Labute approximate surface area is 165 Å². The predicted molar refractivity (Wildman–Crippen MR) is 103 cm³/mol. The van der Waals surface area contributed by atoms with E-state index < -0.39 is 23.2 Å². The average Bonchev–Trinajstić information content (AvgIpc) is 2.66. The molecule has 9 heteroatoms. The summed E-state index contributed by atoms with van der Waals surface area (Å²) in [7, 11) is 1.60. The Morgan fingerprint density at radius 2 is 1.89 bits per heavy atom. The number of likely N-dealkylation sites (N-methyl/N-ethyl adjacent to an activating group) is 1. The van der Waals surface area contributed by atoms with Crippen LogP contribution in [0.1, 0.15) is 15.9 Å². The van der Waals surface area contributed by atoms with Gasteiger partial charge in [-0.25, -0.2) is 4.79 Å². The lowest BCUT2D eigenvalue weighted by Gasteiger charge is -2.17. The van der Waals surface area contributed by atoms with Crippen LogP contribution in [0.4, 0.5) is 5.69 Å². The summed E-state index contributed by atoms with van der Waals surface area (Å²) in [5.74, 6) is -1.22. The van der Waals surface area contributed by atoms with Crippen LogP contribution in [0.25, 0.3) is 0 Å². The molecule has 0 aliphatic heterocycles. The Bertz CT molecular complexity index is 857. The Morgan fingerprint density at radius 1 is 1.22 bits per heavy atom. The van der Waals surface area contributed by atoms with Crippen molar-refractivity contribution in [2.75, 3.05) is 19.9 Å². The second-order valence-electron chi connectivity index (χ2n) is 5.60. The molecule has 0 spiro atoms. The molecule has 0 aromatic heterocycles. The maximum absolute atomic E-state index is 12.2. The third-order valence-corrected chi connectivity index (χ3v) is 4.77. The van der Waals surface area contributed by atoms with Gasteiger partial charge >= 0.3 is 5.97 Å². The van der Waals surface area contributed by atoms with Crippen LogP contribution >= 0.6 is 23.4 Å². The largest absolute Gasteiger partial charge is 0.452 e. The van der Waals surface area contributed by atoms with Gasteiger partial charge in [0.2, 0.25) is 0 Å². The molecule has 1 amide bonds. The van der Waals surface area contributed by atoms with Crippen LogP contribution < -0.4 is 0 Å². The zero-order chi connectivity index (χ0) is 20.0. The fourth-order valence-electron chi connectivity index (χ4n) is 2.19. The van der Waals surface area contributed by atoms with Crippen LogP contribution in [0.2, 0.25) is 5.02 Å². The number of hydrogen-bond donors (Lipinski definition) is 0. The molecule has 0 radical (unpaired) electrons. The van der Waals surface area contributed by atoms with Gasteiger partial charge in [0.05, 0.1) is 10.5 Å². The van der Waals surface area contributed by atoms with Crippen LogP contribution in [0, 0.1) is 10.1 Å². The minimum absolute atomic E-state index is 0.0470. The summed E-state index contributed by atoms with van der Waals surface area (Å²) < 4.78 is 4.96. The van der Waals surface area contributed by atoms with Crippen molar-refractivity contribution in [1.82, 2.24) is 4.90 Å². The summed E-state index contributed by atoms with van der Waals surface area (Å²) in [6, 6.07) is 11.3. The lowest BCUT2D eigenvalue weighted by molar-refractivity contribution is -0.384. The Kier molecular flexibility index (Phi) is 7.20. The maximum atomic E-state index is 12.2. The van der Waals surface area contributed by atoms with Crippen LogP contribution in [-0.4, -0.2) is 41.6 Å². The van der Waals surface area contributed by atoms with E-state index in [9.17, 15) is 19.7 Å². The quantitative estimate of drug-likeness (QED) is 0.299. The van der Waals surface area contributed by atoms with Crippen molar-refractivity contribution in [3.05, 3.63) is 68.7 Å². The monoisotopic (exact) mass is 408 g/mol. The first-order valence-corrected chi connectivity index (χ1v) is 9.40. The summed E-state index contributed by atoms with van der Waals surface area (Å²) in [5.41, 5.74) is 0.501. The van der Waals surface area contributed by atoms with Gasteiger partial charge in [0.15, 0.2) is 6.61 Å². The number of halogens is 1. The molecule has 0 fully saturated rings. The van der Waals surface area contributed by atoms with Crippen molar-refractivity contribution in [2.45, 2.75) is 11.4 Å². The lowest BCUT2D eigenvalue weighted by atomic mass is 10.2. The number of nitrogens with zero attached hydrogens (tertiary/aromatic N) is 2. The third-order valence-electron chi connectivity index (χ3n) is 3.71. The molecule has 27 heavy (non-hydrogen) atoms. The topological polar surface area (TPSA) is 89.8 Å². The molecule has 2 rings (SSSR count). The summed E-state index contributed by atoms with van der Waals surface area (Å²) >= 11 is 7.33. The first-order valence-electron chi connectivity index (χ1n) is 7.79. The van der Waals surface area contributed by atoms with Crippen LogP contribution in [-0.2, 0) is 16.1 Å². The Morgan fingerprint density at radius 3 is 2.48 bits per heavy atom. The van der Waals surface area contributed by atoms with Crippen molar-refractivity contribution in [3.63, 3.8) is 0 Å². The fourth-order valence-corrected chi connectivity index (χ4v) is 2.79. The Hall–Kier alpha value is -2.58. The van der Waals surface area contributed by atoms with Crippen molar-refractivity contribution >= 4 is 40.9 Å². The fraction of sp³-hybridized carbons (Fsp3) is 0.222. The van der Waals surface area contributed by atoms with E-state index in [0.29, 0.717) is 6.54 Å². The van der Waals surface area contributed by atoms with E-state index >= 15 is 0 Å². The van der Waals surface area contributed by atoms with E-state index in [4.69, 9.17) is 16.3 Å². The second kappa shape index (κ2) is 9.38. The lowest BCUT2D eigenvalue weighted by Crippen LogP contribution is -2.30. The highest BCUT2D eigenvalue weighted by Gasteiger charge is 2.19. The number of thioether (sulfide) groups is 1. The summed E-state index contributed by atoms with van der Waals surface area (Å²) in [6.07, 6.45) is 1.98. The van der Waals surface area contributed by atoms with Gasteiger partial charge in [0.1, 0.15) is 5.02 Å². The minimum atomic E-state index is -0.833. The molecule has 7 nitrogen and oxygen atoms in total. The number of hydrogen-bond acceptors (Lipinski definition) is 6. The van der Waals surface area contributed by atoms with Crippen LogP contribution in [0.3, 0.4) is 0 Å². The number of ether oxygens (including phenoxy) is 1. The number of nitro benzene ring substituents is 1. The molecule has 0 aliphatic rings. The zero-order valence-corrected chi connectivity index (χ0v) is 16.2. The molecule has 0 saturated carbocycles. The molecule has 2 aromatic rings. The van der Waals surface area contributed by atoms with E-state index in [-0.39, 0.29) is 16.5 Å². The number of amides is 1. The number of rotatable bonds is 7. The molecule has 0 unspecified atom stereocenters. The molecule has 0 bridgehead atoms. The smallest absolute Gasteiger partial charge is 0.338 e. The van der Waals surface area contributed by atoms with Gasteiger partial charge < -0.3 is 9.64 Å². The summed E-state index contributed by atoms with van der Waals surface area (Å²) in [6.45, 7) is -0.0912. The normalized spacial score (nSPS) is 10.3. The van der Waals surface area contributed by atoms with Gasteiger partial charge in [-0.2, -0.15) is 0 Å². The maximum Gasteiger partial charge on any atom is 0.338 e. The highest BCUT2D eigenvalue weighted by Crippen LogP contribution is 2.25. The number of esters is 1. The highest BCUT2D eigenvalue weighted by atomic mass is 35.5. The van der Waals surface area contributed by atoms with E-state index in [1.54, 1.807) is 18.8 Å². The molecule has 0 atom stereocenters. The number of benzene rings is 2. The van der Waals surface area contributed by atoms with E-state index in [2.05, 4.69) is 0 Å². The number of carbonyl (C=O) groups is 2. The molecule has 0 heterocycles. The van der Waals surface area contributed by atoms with E-state index in [1.807, 2.05) is 30.5 Å². The summed E-state index contributed by atoms with van der Waals surface area (Å²) in [4.78, 5) is 36.9. The third kappa shape index (κ3) is 5.70. The van der Waals surface area contributed by atoms with Gasteiger partial charge in [-0.15, -0.1) is 11.8 Å². The van der Waals surface area contributed by atoms with Gasteiger partial charge in [0, 0.05) is 24.6 Å². The zero-order valence-electron chi connectivity index (χ0n) is 14.7. The van der Waals surface area contributed by atoms with E-state index in [0.717, 1.165) is 16.5 Å². The number of carbonyl (C=O) groups excluding carboxylic acids is 2. The van der Waals surface area contributed by atoms with Gasteiger partial charge in [-0.3, -0.25) is 14.9 Å². The van der Waals surface area contributed by atoms with Crippen LogP contribution in [0.5, 0.6) is 0 Å². The molecule has 0 N–H and O–H groups in total. The predicted octanol–water partition coefficient (Wildman–Crippen LogP) is 3.79. The van der Waals surface area contributed by atoms with Crippen molar-refractivity contribution in [1.29, 1.82) is 0 Å². The van der Waals surface area contributed by atoms with Crippen molar-refractivity contribution < 1.29 is 19.2 Å². The molecule has 0 saturated heterocycles. The summed E-state index contributed by atoms with van der Waals surface area (Å²) in [5, 5.41) is 10.8. The molecular formula is C18H17ClN2O5S. The molecule has 2 aromatic carbocycles. The SMILES string of the molecule is CSc1ccc(CN(C)C(=O)COC(=O)c2ccc(Cl)c([N+](=O)[O-])c2)cc1. The first-order chi connectivity index (χ1) is 12.8. The first kappa shape index (κ1) is 20.7. The minimum Gasteiger partial charge on any atom is -0.452 e. The van der Waals surface area contributed by atoms with Crippen molar-refractivity contribution in [2.24, 2.45) is 0 Å².